The van der Waals surface area contributed by atoms with Gasteiger partial charge in [0.15, 0.2) is 0 Å². The van der Waals surface area contributed by atoms with Gasteiger partial charge in [0.25, 0.3) is 0 Å². The van der Waals surface area contributed by atoms with Crippen molar-refractivity contribution < 1.29 is 72.8 Å². The average molecular weight is 634 g/mol. The van der Waals surface area contributed by atoms with Crippen LogP contribution in [0.3, 0.4) is 0 Å². The summed E-state index contributed by atoms with van der Waals surface area (Å²) in [5.41, 5.74) is 0. The van der Waals surface area contributed by atoms with Crippen LogP contribution in [0.5, 0.6) is 0 Å². The summed E-state index contributed by atoms with van der Waals surface area (Å²) in [5.74, 6) is 0. The van der Waals surface area contributed by atoms with Crippen molar-refractivity contribution >= 4 is 13.5 Å². The van der Waals surface area contributed by atoms with Crippen LogP contribution in [0.15, 0.2) is 60.7 Å². The second kappa shape index (κ2) is 14.6. The van der Waals surface area contributed by atoms with Gasteiger partial charge in [-0.25, -0.2) is 0 Å². The second-order valence-electron chi connectivity index (χ2n) is 3.32. The summed E-state index contributed by atoms with van der Waals surface area (Å²) < 4.78 is 3.03. The third-order valence-electron chi connectivity index (χ3n) is 1.69. The molecule has 0 heterocycles. The summed E-state index contributed by atoms with van der Waals surface area (Å²) in [5, 5.41) is 21.5. The van der Waals surface area contributed by atoms with Crippen molar-refractivity contribution in [3.05, 3.63) is 60.7 Å². The topological polar surface area (TPSA) is 90.7 Å². The molecule has 0 bridgehead atoms. The van der Waals surface area contributed by atoms with Gasteiger partial charge in [-0.05, 0) is 0 Å². The molecule has 0 amide bonds. The molecule has 0 fully saturated rings. The quantitative estimate of drug-likeness (QED) is 0.341. The van der Waals surface area contributed by atoms with Gasteiger partial charge < -0.3 is 20.5 Å². The number of hydrogen-bond acceptors (Lipinski definition) is 4. The Morgan fingerprint density at radius 2 is 0.842 bits per heavy atom. The first-order valence-corrected chi connectivity index (χ1v) is 10.8. The minimum absolute atomic E-state index is 0. The maximum atomic E-state index is 7.17. The molecule has 4 N–H and O–H groups in total. The Labute approximate surface area is 145 Å². The molecule has 0 saturated carbocycles. The Hall–Kier alpha value is 0.215. The Bertz CT molecular complexity index is 361. The molecule has 2 aromatic rings. The summed E-state index contributed by atoms with van der Waals surface area (Å²) in [6.45, 7) is 0. The van der Waals surface area contributed by atoms with Gasteiger partial charge in [0, 0.05) is 0 Å². The Balaban J connectivity index is 0. The van der Waals surface area contributed by atoms with Gasteiger partial charge in [-0.2, -0.15) is 0 Å². The van der Waals surface area contributed by atoms with Crippen molar-refractivity contribution in [3.63, 3.8) is 0 Å². The Morgan fingerprint density at radius 1 is 0.632 bits per heavy atom. The van der Waals surface area contributed by atoms with E-state index in [0.717, 1.165) is 52.2 Å². The molecular formula is C12H14BHg2O4+. The third-order valence-corrected chi connectivity index (χ3v) is 5.35. The van der Waals surface area contributed by atoms with Crippen molar-refractivity contribution in [2.24, 2.45) is 0 Å². The predicted molar refractivity (Wildman–Crippen MR) is 66.5 cm³/mol. The van der Waals surface area contributed by atoms with Crippen LogP contribution in [-0.2, 0) is 52.2 Å². The number of hydrogen-bond donors (Lipinski definition) is 3. The maximum Gasteiger partial charge on any atom is -0.870 e. The minimum atomic E-state index is -2.17. The fourth-order valence-corrected chi connectivity index (χ4v) is 3.07. The largest absolute Gasteiger partial charge is 0.870 e. The molecule has 0 aliphatic carbocycles. The van der Waals surface area contributed by atoms with Crippen LogP contribution in [0.1, 0.15) is 0 Å². The van der Waals surface area contributed by atoms with E-state index in [2.05, 4.69) is 60.7 Å². The molecule has 7 heteroatoms. The first-order chi connectivity index (χ1) is 8.52. The molecule has 19 heavy (non-hydrogen) atoms. The standard InChI is InChI=1S/2C6H5.BH3O3.2Hg.H2O/c2*1-2-4-6-5-3-1;2-1(3)4;;;/h2*1-5H;2-4H;;;1H2/q;;;2*+1;/p-1. The number of benzene rings is 2. The molecule has 0 aliphatic heterocycles. The van der Waals surface area contributed by atoms with E-state index in [-0.39, 0.29) is 5.48 Å². The maximum absolute atomic E-state index is 7.17. The normalized spacial score (nSPS) is 7.95. The van der Waals surface area contributed by atoms with Crippen LogP contribution in [0.25, 0.3) is 0 Å². The third kappa shape index (κ3) is 18.2. The van der Waals surface area contributed by atoms with E-state index in [1.165, 1.54) is 6.14 Å². The molecule has 0 unspecified atom stereocenters. The van der Waals surface area contributed by atoms with E-state index in [1.54, 1.807) is 0 Å². The van der Waals surface area contributed by atoms with E-state index in [4.69, 9.17) is 15.1 Å². The van der Waals surface area contributed by atoms with Crippen LogP contribution in [0, 0.1) is 0 Å². The first kappa shape index (κ1) is 21.5. The summed E-state index contributed by atoms with van der Waals surface area (Å²) in [7, 11) is -2.17. The summed E-state index contributed by atoms with van der Waals surface area (Å²) in [6.07, 6.45) is 0. The van der Waals surface area contributed by atoms with E-state index in [1.807, 2.05) is 0 Å². The van der Waals surface area contributed by atoms with Gasteiger partial charge in [0.05, 0.1) is 0 Å². The molecule has 0 saturated heterocycles. The smallest absolute Gasteiger partial charge is 0.870 e. The van der Waals surface area contributed by atoms with Crippen molar-refractivity contribution in [2.75, 3.05) is 0 Å². The van der Waals surface area contributed by atoms with Crippen LogP contribution >= 0.6 is 0 Å². The molecule has 0 atom stereocenters. The van der Waals surface area contributed by atoms with Gasteiger partial charge in [0.2, 0.25) is 0 Å². The van der Waals surface area contributed by atoms with Crippen molar-refractivity contribution in [1.29, 1.82) is 0 Å². The zero-order valence-electron chi connectivity index (χ0n) is 10.6. The fourth-order valence-electron chi connectivity index (χ4n) is 0.956. The van der Waals surface area contributed by atoms with Gasteiger partial charge in [-0.15, -0.1) is 0 Å². The van der Waals surface area contributed by atoms with Crippen LogP contribution in [0.2, 0.25) is 0 Å². The van der Waals surface area contributed by atoms with E-state index < -0.39 is 7.32 Å². The summed E-state index contributed by atoms with van der Waals surface area (Å²) in [4.78, 5) is 0. The zero-order chi connectivity index (χ0) is 13.8. The fraction of sp³-hybridized carbons (Fsp3) is 0. The molecule has 92 valence electrons. The summed E-state index contributed by atoms with van der Waals surface area (Å²) >= 11 is 1.62. The average Bonchev–Trinajstić information content (AvgIpc) is 2.31. The van der Waals surface area contributed by atoms with Crippen molar-refractivity contribution in [2.45, 2.75) is 0 Å². The van der Waals surface area contributed by atoms with E-state index >= 15 is 0 Å². The van der Waals surface area contributed by atoms with Gasteiger partial charge in [0.1, 0.15) is 0 Å². The molecule has 4 nitrogen and oxygen atoms in total. The molecule has 0 spiro atoms. The zero-order valence-corrected chi connectivity index (χ0v) is 21.5. The van der Waals surface area contributed by atoms with Crippen LogP contribution in [0.4, 0.5) is 0 Å². The van der Waals surface area contributed by atoms with Gasteiger partial charge >= 0.3 is 126 Å². The van der Waals surface area contributed by atoms with Crippen molar-refractivity contribution in [3.8, 4) is 0 Å². The molecular weight excluding hydrogens is 620 g/mol. The van der Waals surface area contributed by atoms with Crippen molar-refractivity contribution in [1.82, 2.24) is 0 Å². The van der Waals surface area contributed by atoms with Crippen LogP contribution < -0.4 is 6.14 Å². The molecule has 0 aromatic heterocycles. The SMILES string of the molecule is OB(O)O.[Hg+][c]1ccccc1.[Hg+][c]1ccccc1.[OH-]. The molecule has 0 aliphatic rings. The van der Waals surface area contributed by atoms with E-state index in [9.17, 15) is 0 Å². The van der Waals surface area contributed by atoms with E-state index in [0.29, 0.717) is 0 Å². The van der Waals surface area contributed by atoms with Gasteiger partial charge in [-0.3, -0.25) is 0 Å². The monoisotopic (exact) mass is 637 g/mol. The van der Waals surface area contributed by atoms with Crippen LogP contribution in [-0.4, -0.2) is 27.9 Å². The Morgan fingerprint density at radius 3 is 0.947 bits per heavy atom. The number of rotatable bonds is 0. The predicted octanol–water partition coefficient (Wildman–Crippen LogP) is -0.511. The minimum Gasteiger partial charge on any atom is -0.870 e. The Kier molecular flexibility index (Phi) is 16.6. The second-order valence-corrected chi connectivity index (χ2v) is 9.67. The van der Waals surface area contributed by atoms with Gasteiger partial charge in [-0.1, -0.05) is 0 Å². The first-order valence-electron chi connectivity index (χ1n) is 5.30. The molecule has 2 aromatic carbocycles. The molecule has 0 radical (unpaired) electrons. The molecule has 2 rings (SSSR count). The summed E-state index contributed by atoms with van der Waals surface area (Å²) in [6, 6.07) is 21.1.